The highest BCUT2D eigenvalue weighted by Gasteiger charge is 2.18. The number of aromatic nitrogens is 3. The van der Waals surface area contributed by atoms with Gasteiger partial charge < -0.3 is 4.42 Å². The number of halogens is 2. The Labute approximate surface area is 192 Å². The first kappa shape index (κ1) is 20.2. The van der Waals surface area contributed by atoms with Crippen LogP contribution in [0.15, 0.2) is 83.3 Å². The summed E-state index contributed by atoms with van der Waals surface area (Å²) in [7, 11) is 0. The van der Waals surface area contributed by atoms with Gasteiger partial charge in [-0.1, -0.05) is 76.8 Å². The van der Waals surface area contributed by atoms with Crippen molar-refractivity contribution < 1.29 is 9.21 Å². The van der Waals surface area contributed by atoms with Crippen molar-refractivity contribution in [2.45, 2.75) is 0 Å². The lowest BCUT2D eigenvalue weighted by Gasteiger charge is -2.09. The first-order valence-electron chi connectivity index (χ1n) is 9.64. The van der Waals surface area contributed by atoms with E-state index in [4.69, 9.17) is 32.6 Å². The minimum absolute atomic E-state index is 0.0526. The summed E-state index contributed by atoms with van der Waals surface area (Å²) in [5.74, 6) is -0.245. The molecule has 1 amide bonds. The summed E-state index contributed by atoms with van der Waals surface area (Å²) in [5.41, 5.74) is 3.22. The second-order valence-electron chi connectivity index (χ2n) is 6.93. The van der Waals surface area contributed by atoms with E-state index in [-0.39, 0.29) is 11.9 Å². The highest BCUT2D eigenvalue weighted by molar-refractivity contribution is 6.35. The molecule has 0 saturated carbocycles. The molecule has 0 saturated heterocycles. The van der Waals surface area contributed by atoms with Crippen LogP contribution in [0.5, 0.6) is 0 Å². The van der Waals surface area contributed by atoms with Gasteiger partial charge in [0.2, 0.25) is 0 Å². The van der Waals surface area contributed by atoms with Crippen molar-refractivity contribution in [3.05, 3.63) is 94.5 Å². The Balaban J connectivity index is 1.51. The van der Waals surface area contributed by atoms with E-state index < -0.39 is 5.91 Å². The molecular formula is C24H14Cl2N4O2. The quantitative estimate of drug-likeness (QED) is 0.330. The van der Waals surface area contributed by atoms with Gasteiger partial charge in [-0.2, -0.15) is 0 Å². The summed E-state index contributed by atoms with van der Waals surface area (Å²) in [4.78, 5) is 17.9. The second-order valence-corrected chi connectivity index (χ2v) is 7.77. The van der Waals surface area contributed by atoms with Crippen molar-refractivity contribution in [1.82, 2.24) is 15.2 Å². The van der Waals surface area contributed by atoms with E-state index in [0.29, 0.717) is 37.8 Å². The maximum absolute atomic E-state index is 13.2. The minimum atomic E-state index is -0.395. The van der Waals surface area contributed by atoms with E-state index in [9.17, 15) is 4.79 Å². The van der Waals surface area contributed by atoms with Gasteiger partial charge in [-0.05, 0) is 30.3 Å². The Morgan fingerprint density at radius 3 is 2.50 bits per heavy atom. The van der Waals surface area contributed by atoms with E-state index in [1.807, 2.05) is 54.6 Å². The third-order valence-electron chi connectivity index (χ3n) is 4.83. The average molecular weight is 461 g/mol. The number of para-hydroxylation sites is 1. The number of nitrogens with one attached hydrogen (secondary N) is 1. The molecule has 156 valence electrons. The predicted molar refractivity (Wildman–Crippen MR) is 125 cm³/mol. The highest BCUT2D eigenvalue weighted by atomic mass is 35.5. The lowest BCUT2D eigenvalue weighted by atomic mass is 10.0. The third-order valence-corrected chi connectivity index (χ3v) is 5.40. The Bertz CT molecular complexity index is 1450. The normalized spacial score (nSPS) is 10.9. The number of benzene rings is 3. The van der Waals surface area contributed by atoms with Crippen molar-refractivity contribution in [2.24, 2.45) is 0 Å². The number of carbonyl (C=O) groups is 1. The monoisotopic (exact) mass is 460 g/mol. The molecule has 5 aromatic rings. The molecule has 0 spiro atoms. The number of nitrogens with zero attached hydrogens (tertiary/aromatic N) is 3. The van der Waals surface area contributed by atoms with E-state index >= 15 is 0 Å². The number of carbonyl (C=O) groups excluding carboxylic acids is 1. The van der Waals surface area contributed by atoms with E-state index in [0.717, 1.165) is 5.56 Å². The largest absolute Gasteiger partial charge is 0.403 e. The van der Waals surface area contributed by atoms with Gasteiger partial charge in [-0.3, -0.25) is 10.1 Å². The number of anilines is 1. The van der Waals surface area contributed by atoms with Crippen molar-refractivity contribution in [3.8, 4) is 22.7 Å². The molecule has 0 fully saturated rings. The Morgan fingerprint density at radius 1 is 0.875 bits per heavy atom. The van der Waals surface area contributed by atoms with Gasteiger partial charge >= 0.3 is 6.01 Å². The molecule has 0 unspecified atom stereocenters. The van der Waals surface area contributed by atoms with E-state index in [1.54, 1.807) is 24.3 Å². The zero-order valence-corrected chi connectivity index (χ0v) is 17.9. The van der Waals surface area contributed by atoms with Crippen LogP contribution in [0.2, 0.25) is 10.0 Å². The van der Waals surface area contributed by atoms with Crippen LogP contribution in [-0.2, 0) is 0 Å². The number of fused-ring (bicyclic) bond motifs is 1. The molecule has 3 aromatic carbocycles. The summed E-state index contributed by atoms with van der Waals surface area (Å²) in [5, 5.41) is 12.2. The molecule has 0 aliphatic carbocycles. The van der Waals surface area contributed by atoms with Gasteiger partial charge in [0, 0.05) is 16.0 Å². The number of pyridine rings is 1. The van der Waals surface area contributed by atoms with Gasteiger partial charge in [0.15, 0.2) is 0 Å². The lowest BCUT2D eigenvalue weighted by Crippen LogP contribution is -2.13. The molecule has 0 bridgehead atoms. The summed E-state index contributed by atoms with van der Waals surface area (Å²) in [6.45, 7) is 0. The van der Waals surface area contributed by atoms with Crippen molar-refractivity contribution in [1.29, 1.82) is 0 Å². The fourth-order valence-electron chi connectivity index (χ4n) is 3.33. The molecule has 5 rings (SSSR count). The van der Waals surface area contributed by atoms with Gasteiger partial charge in [-0.15, -0.1) is 5.10 Å². The molecule has 2 heterocycles. The van der Waals surface area contributed by atoms with Crippen LogP contribution in [0.3, 0.4) is 0 Å². The van der Waals surface area contributed by atoms with Gasteiger partial charge in [-0.25, -0.2) is 4.98 Å². The fraction of sp³-hybridized carbons (Fsp3) is 0. The van der Waals surface area contributed by atoms with Crippen molar-refractivity contribution in [2.75, 3.05) is 5.32 Å². The van der Waals surface area contributed by atoms with Crippen LogP contribution in [0.25, 0.3) is 33.6 Å². The van der Waals surface area contributed by atoms with Crippen LogP contribution >= 0.6 is 23.2 Å². The fourth-order valence-corrected chi connectivity index (χ4v) is 3.70. The average Bonchev–Trinajstić information content (AvgIpc) is 3.28. The summed E-state index contributed by atoms with van der Waals surface area (Å²) in [6, 6.07) is 23.7. The predicted octanol–water partition coefficient (Wildman–Crippen LogP) is 6.51. The SMILES string of the molecule is O=C(Nc1nnc(-c2cc(Cl)ccc2Cl)o1)c1cc(-c2ccccc2)nc2ccccc12. The molecule has 0 aliphatic rings. The number of hydrogen-bond acceptors (Lipinski definition) is 5. The van der Waals surface area contributed by atoms with Crippen LogP contribution in [0.1, 0.15) is 10.4 Å². The minimum Gasteiger partial charge on any atom is -0.403 e. The van der Waals surface area contributed by atoms with E-state index in [2.05, 4.69) is 15.5 Å². The third kappa shape index (κ3) is 3.93. The van der Waals surface area contributed by atoms with Crippen molar-refractivity contribution >= 4 is 46.0 Å². The van der Waals surface area contributed by atoms with Crippen LogP contribution in [0, 0.1) is 0 Å². The first-order chi connectivity index (χ1) is 15.6. The zero-order valence-electron chi connectivity index (χ0n) is 16.4. The maximum Gasteiger partial charge on any atom is 0.322 e. The summed E-state index contributed by atoms with van der Waals surface area (Å²) < 4.78 is 5.61. The molecule has 8 heteroatoms. The first-order valence-corrected chi connectivity index (χ1v) is 10.4. The van der Waals surface area contributed by atoms with E-state index in [1.165, 1.54) is 0 Å². The maximum atomic E-state index is 13.2. The Kier molecular flexibility index (Phi) is 5.31. The summed E-state index contributed by atoms with van der Waals surface area (Å²) in [6.07, 6.45) is 0. The van der Waals surface area contributed by atoms with Crippen LogP contribution in [0.4, 0.5) is 6.01 Å². The molecule has 0 radical (unpaired) electrons. The highest BCUT2D eigenvalue weighted by Crippen LogP contribution is 2.31. The van der Waals surface area contributed by atoms with Crippen LogP contribution < -0.4 is 5.32 Å². The molecule has 2 aromatic heterocycles. The smallest absolute Gasteiger partial charge is 0.322 e. The molecule has 6 nitrogen and oxygen atoms in total. The summed E-state index contributed by atoms with van der Waals surface area (Å²) >= 11 is 12.2. The molecule has 32 heavy (non-hydrogen) atoms. The molecule has 0 atom stereocenters. The van der Waals surface area contributed by atoms with Gasteiger partial charge in [0.1, 0.15) is 0 Å². The second kappa shape index (κ2) is 8.42. The molecule has 0 aliphatic heterocycles. The Morgan fingerprint density at radius 2 is 1.66 bits per heavy atom. The van der Waals surface area contributed by atoms with Crippen LogP contribution in [-0.4, -0.2) is 21.1 Å². The number of rotatable bonds is 4. The number of hydrogen-bond donors (Lipinski definition) is 1. The van der Waals surface area contributed by atoms with Crippen molar-refractivity contribution in [3.63, 3.8) is 0 Å². The standard InChI is InChI=1S/C24H14Cl2N4O2/c25-15-10-11-19(26)18(12-15)23-29-30-24(32-23)28-22(31)17-13-21(14-6-2-1-3-7-14)27-20-9-5-4-8-16(17)20/h1-13H,(H,28,30,31). The topological polar surface area (TPSA) is 80.9 Å². The zero-order chi connectivity index (χ0) is 22.1. The molecular weight excluding hydrogens is 447 g/mol. The van der Waals surface area contributed by atoms with Gasteiger partial charge in [0.05, 0.1) is 27.4 Å². The molecule has 1 N–H and O–H groups in total. The lowest BCUT2D eigenvalue weighted by molar-refractivity contribution is 0.102. The Hall–Kier alpha value is -3.74. The van der Waals surface area contributed by atoms with Gasteiger partial charge in [0.25, 0.3) is 11.8 Å². The number of amides is 1.